The Balaban J connectivity index is 0.00000208. The van der Waals surface area contributed by atoms with Crippen LogP contribution in [0.15, 0.2) is 36.4 Å². The molecule has 1 heterocycles. The smallest absolute Gasteiger partial charge is 0.151 e. The zero-order valence-corrected chi connectivity index (χ0v) is 16.8. The van der Waals surface area contributed by atoms with Gasteiger partial charge in [0.15, 0.2) is 10.3 Å². The number of hydrogen-bond donors (Lipinski definition) is 4. The lowest BCUT2D eigenvalue weighted by Gasteiger charge is -2.01. The van der Waals surface area contributed by atoms with Gasteiger partial charge in [0.1, 0.15) is 0 Å². The van der Waals surface area contributed by atoms with Gasteiger partial charge in [-0.1, -0.05) is 59.9 Å². The molecule has 3 rings (SSSR count). The largest absolute Gasteiger partial charge is 0.379 e. The van der Waals surface area contributed by atoms with Gasteiger partial charge in [-0.05, 0) is 11.1 Å². The van der Waals surface area contributed by atoms with Gasteiger partial charge in [0.25, 0.3) is 0 Å². The maximum absolute atomic E-state index is 7.40. The van der Waals surface area contributed by atoms with E-state index in [0.717, 1.165) is 0 Å². The van der Waals surface area contributed by atoms with E-state index in [4.69, 9.17) is 22.3 Å². The van der Waals surface area contributed by atoms with Gasteiger partial charge in [-0.2, -0.15) is 0 Å². The molecule has 6 N–H and O–H groups in total. The second-order valence-electron chi connectivity index (χ2n) is 5.00. The number of rotatable bonds is 4. The van der Waals surface area contributed by atoms with Crippen LogP contribution in [0, 0.1) is 10.8 Å². The highest BCUT2D eigenvalue weighted by Crippen LogP contribution is 2.39. The summed E-state index contributed by atoms with van der Waals surface area (Å²) in [7, 11) is 0. The van der Waals surface area contributed by atoms with Gasteiger partial charge >= 0.3 is 0 Å². The molecule has 0 atom stereocenters. The van der Waals surface area contributed by atoms with E-state index >= 15 is 0 Å². The molecular formula is C16H17BrN4S3. The third kappa shape index (κ3) is 4.05. The van der Waals surface area contributed by atoms with Crippen LogP contribution in [-0.4, -0.2) is 10.3 Å². The molecule has 0 unspecified atom stereocenters. The van der Waals surface area contributed by atoms with Crippen molar-refractivity contribution in [1.82, 2.24) is 0 Å². The molecule has 0 radical (unpaired) electrons. The first kappa shape index (κ1) is 19.1. The van der Waals surface area contributed by atoms with Crippen LogP contribution in [0.3, 0.4) is 0 Å². The van der Waals surface area contributed by atoms with Crippen molar-refractivity contribution in [3.05, 3.63) is 47.5 Å². The fourth-order valence-electron chi connectivity index (χ4n) is 2.48. The third-order valence-corrected chi connectivity index (χ3v) is 6.36. The Morgan fingerprint density at radius 1 is 0.833 bits per heavy atom. The van der Waals surface area contributed by atoms with Crippen LogP contribution in [0.2, 0.25) is 0 Å². The maximum atomic E-state index is 7.40. The monoisotopic (exact) mass is 440 g/mol. The molecule has 0 amide bonds. The van der Waals surface area contributed by atoms with Crippen molar-refractivity contribution in [1.29, 1.82) is 10.8 Å². The summed E-state index contributed by atoms with van der Waals surface area (Å²) in [5, 5.41) is 17.6. The molecule has 4 nitrogen and oxygen atoms in total. The predicted octanol–water partition coefficient (Wildman–Crippen LogP) is 4.89. The van der Waals surface area contributed by atoms with E-state index in [1.54, 1.807) is 11.3 Å². The molecule has 0 saturated carbocycles. The molecule has 8 heteroatoms. The third-order valence-electron chi connectivity index (χ3n) is 3.45. The molecule has 0 aliphatic heterocycles. The number of nitrogens with one attached hydrogen (secondary N) is 2. The Kier molecular flexibility index (Phi) is 6.56. The predicted molar refractivity (Wildman–Crippen MR) is 116 cm³/mol. The molecular weight excluding hydrogens is 424 g/mol. The molecule has 126 valence electrons. The second kappa shape index (κ2) is 8.24. The molecule has 0 aliphatic rings. The summed E-state index contributed by atoms with van der Waals surface area (Å²) in [5.41, 5.74) is 13.3. The zero-order chi connectivity index (χ0) is 16.4. The summed E-state index contributed by atoms with van der Waals surface area (Å²) in [6.07, 6.45) is 0. The SMILES string of the molecule is Br.N=C(N)SCc1cccc2c1sc1c(CSC(=N)N)cccc12. The zero-order valence-electron chi connectivity index (χ0n) is 12.7. The van der Waals surface area contributed by atoms with Crippen LogP contribution in [0.1, 0.15) is 11.1 Å². The summed E-state index contributed by atoms with van der Waals surface area (Å²) in [6, 6.07) is 12.6. The lowest BCUT2D eigenvalue weighted by Crippen LogP contribution is -2.03. The minimum absolute atomic E-state index is 0. The number of hydrogen-bond acceptors (Lipinski definition) is 5. The van der Waals surface area contributed by atoms with Crippen molar-refractivity contribution in [2.24, 2.45) is 11.5 Å². The molecule has 1 aromatic heterocycles. The Hall–Kier alpha value is -1.22. The van der Waals surface area contributed by atoms with E-state index in [1.165, 1.54) is 54.8 Å². The highest BCUT2D eigenvalue weighted by Gasteiger charge is 2.12. The molecule has 0 aliphatic carbocycles. The molecule has 0 saturated heterocycles. The second-order valence-corrected chi connectivity index (χ2v) is 8.05. The van der Waals surface area contributed by atoms with Gasteiger partial charge in [-0.3, -0.25) is 10.8 Å². The van der Waals surface area contributed by atoms with Crippen molar-refractivity contribution in [3.63, 3.8) is 0 Å². The molecule has 3 aromatic rings. The summed E-state index contributed by atoms with van der Waals surface area (Å²) in [5.74, 6) is 1.41. The summed E-state index contributed by atoms with van der Waals surface area (Å²) >= 11 is 4.46. The van der Waals surface area contributed by atoms with Gasteiger partial charge in [0.2, 0.25) is 0 Å². The van der Waals surface area contributed by atoms with Crippen molar-refractivity contribution in [2.75, 3.05) is 0 Å². The molecule has 0 bridgehead atoms. The van der Waals surface area contributed by atoms with Crippen LogP contribution in [-0.2, 0) is 11.5 Å². The number of halogens is 1. The number of thioether (sulfide) groups is 2. The lowest BCUT2D eigenvalue weighted by atomic mass is 10.1. The average Bonchev–Trinajstić information content (AvgIpc) is 2.90. The highest BCUT2D eigenvalue weighted by atomic mass is 79.9. The van der Waals surface area contributed by atoms with E-state index in [0.29, 0.717) is 11.5 Å². The number of amidine groups is 2. The fourth-order valence-corrected chi connectivity index (χ4v) is 5.08. The van der Waals surface area contributed by atoms with Crippen molar-refractivity contribution < 1.29 is 0 Å². The Morgan fingerprint density at radius 2 is 1.25 bits per heavy atom. The van der Waals surface area contributed by atoms with Gasteiger partial charge in [-0.25, -0.2) is 0 Å². The van der Waals surface area contributed by atoms with Crippen LogP contribution in [0.25, 0.3) is 20.2 Å². The molecule has 24 heavy (non-hydrogen) atoms. The minimum atomic E-state index is 0. The first-order chi connectivity index (χ1) is 11.1. The van der Waals surface area contributed by atoms with Crippen molar-refractivity contribution >= 4 is 82.3 Å². The Labute approximate surface area is 163 Å². The molecule has 0 fully saturated rings. The van der Waals surface area contributed by atoms with Gasteiger partial charge in [0.05, 0.1) is 0 Å². The van der Waals surface area contributed by atoms with Gasteiger partial charge in [0, 0.05) is 31.7 Å². The normalized spacial score (nSPS) is 10.7. The maximum Gasteiger partial charge on any atom is 0.151 e. The number of fused-ring (bicyclic) bond motifs is 3. The van der Waals surface area contributed by atoms with E-state index in [2.05, 4.69) is 36.4 Å². The van der Waals surface area contributed by atoms with E-state index in [-0.39, 0.29) is 27.3 Å². The summed E-state index contributed by atoms with van der Waals surface area (Å²) in [6.45, 7) is 0. The van der Waals surface area contributed by atoms with E-state index in [1.807, 2.05) is 0 Å². The lowest BCUT2D eigenvalue weighted by molar-refractivity contribution is 1.47. The summed E-state index contributed by atoms with van der Waals surface area (Å²) in [4.78, 5) is 0. The number of nitrogens with two attached hydrogens (primary N) is 2. The van der Waals surface area contributed by atoms with Crippen LogP contribution < -0.4 is 11.5 Å². The average molecular weight is 441 g/mol. The standard InChI is InChI=1S/C16H16N4S3.BrH/c17-15(18)21-7-9-3-1-5-11-12-6-2-4-10(8-22-16(19)20)14(12)23-13(9)11;/h1-6H,7-8H2,(H3,17,18)(H3,19,20);1H. The molecule has 2 aromatic carbocycles. The number of benzene rings is 2. The molecule has 0 spiro atoms. The topological polar surface area (TPSA) is 99.7 Å². The van der Waals surface area contributed by atoms with Crippen LogP contribution in [0.5, 0.6) is 0 Å². The minimum Gasteiger partial charge on any atom is -0.379 e. The first-order valence-electron chi connectivity index (χ1n) is 6.92. The summed E-state index contributed by atoms with van der Waals surface area (Å²) < 4.78 is 2.49. The van der Waals surface area contributed by atoms with Crippen LogP contribution in [0.4, 0.5) is 0 Å². The van der Waals surface area contributed by atoms with Crippen molar-refractivity contribution in [3.8, 4) is 0 Å². The highest BCUT2D eigenvalue weighted by molar-refractivity contribution is 8.93. The van der Waals surface area contributed by atoms with Crippen LogP contribution >= 0.6 is 51.8 Å². The quantitative estimate of drug-likeness (QED) is 0.342. The van der Waals surface area contributed by atoms with Gasteiger partial charge in [-0.15, -0.1) is 28.3 Å². The number of thiophene rings is 1. The first-order valence-corrected chi connectivity index (χ1v) is 9.70. The van der Waals surface area contributed by atoms with Gasteiger partial charge < -0.3 is 11.5 Å². The van der Waals surface area contributed by atoms with E-state index in [9.17, 15) is 0 Å². The Morgan fingerprint density at radius 3 is 1.62 bits per heavy atom. The Bertz CT molecular complexity index is 835. The van der Waals surface area contributed by atoms with E-state index < -0.39 is 0 Å². The van der Waals surface area contributed by atoms with Crippen molar-refractivity contribution in [2.45, 2.75) is 11.5 Å². The fraction of sp³-hybridized carbons (Fsp3) is 0.125.